The fourth-order valence-corrected chi connectivity index (χ4v) is 3.92. The van der Waals surface area contributed by atoms with E-state index in [0.29, 0.717) is 17.3 Å². The van der Waals surface area contributed by atoms with Crippen molar-refractivity contribution in [3.05, 3.63) is 69.7 Å². The van der Waals surface area contributed by atoms with Crippen LogP contribution in [0.15, 0.2) is 53.6 Å². The van der Waals surface area contributed by atoms with Gasteiger partial charge < -0.3 is 9.80 Å². The molecule has 1 fully saturated rings. The molecule has 0 aromatic heterocycles. The number of carbonyl (C=O) groups excluding carboxylic acids is 1. The Labute approximate surface area is 175 Å². The highest BCUT2D eigenvalue weighted by Crippen LogP contribution is 2.15. The van der Waals surface area contributed by atoms with Gasteiger partial charge in [-0.25, -0.2) is 5.43 Å². The van der Waals surface area contributed by atoms with Crippen molar-refractivity contribution in [2.75, 3.05) is 32.7 Å². The zero-order chi connectivity index (χ0) is 19.9. The second-order valence-electron chi connectivity index (χ2n) is 7.16. The van der Waals surface area contributed by atoms with E-state index in [1.807, 2.05) is 49.4 Å². The van der Waals surface area contributed by atoms with Gasteiger partial charge in [0.1, 0.15) is 32.7 Å². The van der Waals surface area contributed by atoms with Gasteiger partial charge in [0.2, 0.25) is 0 Å². The van der Waals surface area contributed by atoms with E-state index in [9.17, 15) is 4.79 Å². The third-order valence-electron chi connectivity index (χ3n) is 5.09. The molecule has 0 saturated carbocycles. The zero-order valence-corrected chi connectivity index (χ0v) is 17.5. The van der Waals surface area contributed by atoms with E-state index >= 15 is 0 Å². The summed E-state index contributed by atoms with van der Waals surface area (Å²) in [6.07, 6.45) is 0. The van der Waals surface area contributed by atoms with Crippen molar-refractivity contribution in [3.8, 4) is 0 Å². The number of hydrazone groups is 1. The molecule has 0 unspecified atom stereocenters. The lowest BCUT2D eigenvalue weighted by atomic mass is 10.1. The van der Waals surface area contributed by atoms with Crippen LogP contribution in [0.1, 0.15) is 18.1 Å². The quantitative estimate of drug-likeness (QED) is 0.470. The highest BCUT2D eigenvalue weighted by molar-refractivity contribution is 6.34. The molecule has 2 aromatic rings. The van der Waals surface area contributed by atoms with Gasteiger partial charge in [0.25, 0.3) is 5.91 Å². The molecule has 7 heteroatoms. The molecule has 0 radical (unpaired) electrons. The maximum atomic E-state index is 12.3. The number of benzene rings is 2. The molecular formula is C21H26Cl2N4O+2. The molecule has 3 rings (SSSR count). The summed E-state index contributed by atoms with van der Waals surface area (Å²) < 4.78 is 0. The molecule has 148 valence electrons. The summed E-state index contributed by atoms with van der Waals surface area (Å²) in [4.78, 5) is 15.0. The average molecular weight is 421 g/mol. The molecule has 0 atom stereocenters. The van der Waals surface area contributed by atoms with Crippen LogP contribution in [0.3, 0.4) is 0 Å². The minimum Gasteiger partial charge on any atom is -0.322 e. The number of halogens is 2. The van der Waals surface area contributed by atoms with Crippen molar-refractivity contribution in [2.45, 2.75) is 13.5 Å². The van der Waals surface area contributed by atoms with Crippen LogP contribution in [0, 0.1) is 0 Å². The number of piperazine rings is 1. The van der Waals surface area contributed by atoms with Crippen LogP contribution in [0.5, 0.6) is 0 Å². The molecule has 5 nitrogen and oxygen atoms in total. The number of amides is 1. The third kappa shape index (κ3) is 5.79. The van der Waals surface area contributed by atoms with E-state index in [1.165, 1.54) is 15.4 Å². The first-order valence-electron chi connectivity index (χ1n) is 9.51. The van der Waals surface area contributed by atoms with Crippen LogP contribution in [-0.2, 0) is 11.3 Å². The van der Waals surface area contributed by atoms with Gasteiger partial charge >= 0.3 is 0 Å². The van der Waals surface area contributed by atoms with Gasteiger partial charge in [0.15, 0.2) is 6.54 Å². The van der Waals surface area contributed by atoms with Crippen molar-refractivity contribution < 1.29 is 14.6 Å². The summed E-state index contributed by atoms with van der Waals surface area (Å²) in [5.74, 6) is -0.0732. The SMILES string of the molecule is C/C(=N/NC(=O)C[NH+]1CC[NH+](Cc2ccccc2Cl)CC1)c1ccccc1Cl. The van der Waals surface area contributed by atoms with Gasteiger partial charge in [0, 0.05) is 21.2 Å². The summed E-state index contributed by atoms with van der Waals surface area (Å²) >= 11 is 12.4. The first kappa shape index (κ1) is 20.8. The van der Waals surface area contributed by atoms with Crippen molar-refractivity contribution in [2.24, 2.45) is 5.10 Å². The summed E-state index contributed by atoms with van der Waals surface area (Å²) in [6, 6.07) is 15.5. The summed E-state index contributed by atoms with van der Waals surface area (Å²) in [5, 5.41) is 5.66. The van der Waals surface area contributed by atoms with Crippen LogP contribution < -0.4 is 15.2 Å². The molecule has 0 spiro atoms. The Morgan fingerprint density at radius 2 is 1.57 bits per heavy atom. The van der Waals surface area contributed by atoms with Crippen molar-refractivity contribution in [1.29, 1.82) is 0 Å². The Hall–Kier alpha value is -1.92. The molecule has 2 aromatic carbocycles. The number of rotatable bonds is 6. The number of hydrogen-bond acceptors (Lipinski definition) is 2. The van der Waals surface area contributed by atoms with E-state index in [4.69, 9.17) is 23.2 Å². The van der Waals surface area contributed by atoms with Gasteiger partial charge in [-0.05, 0) is 19.1 Å². The zero-order valence-electron chi connectivity index (χ0n) is 16.0. The van der Waals surface area contributed by atoms with Gasteiger partial charge in [-0.3, -0.25) is 4.79 Å². The monoisotopic (exact) mass is 420 g/mol. The first-order valence-corrected chi connectivity index (χ1v) is 10.3. The first-order chi connectivity index (χ1) is 13.5. The van der Waals surface area contributed by atoms with E-state index in [2.05, 4.69) is 16.6 Å². The predicted molar refractivity (Wildman–Crippen MR) is 113 cm³/mol. The molecule has 1 heterocycles. The van der Waals surface area contributed by atoms with E-state index in [1.54, 1.807) is 0 Å². The van der Waals surface area contributed by atoms with Crippen LogP contribution in [-0.4, -0.2) is 44.3 Å². The summed E-state index contributed by atoms with van der Waals surface area (Å²) in [7, 11) is 0. The molecule has 1 aliphatic heterocycles. The highest BCUT2D eigenvalue weighted by atomic mass is 35.5. The normalized spacial score (nSPS) is 20.0. The van der Waals surface area contributed by atoms with E-state index in [0.717, 1.165) is 43.3 Å². The standard InChI is InChI=1S/C21H24Cl2N4O/c1-16(18-7-3-5-9-20(18)23)24-25-21(28)15-27-12-10-26(11-13-27)14-17-6-2-4-8-19(17)22/h2-9H,10-15H2,1H3,(H,25,28)/p+2/b24-16-. The second-order valence-corrected chi connectivity index (χ2v) is 7.97. The molecular weight excluding hydrogens is 395 g/mol. The number of nitrogens with one attached hydrogen (secondary N) is 3. The fraction of sp³-hybridized carbons (Fsp3) is 0.333. The number of nitrogens with zero attached hydrogens (tertiary/aromatic N) is 1. The summed E-state index contributed by atoms with van der Waals surface area (Å²) in [6.45, 7) is 7.16. The number of hydrogen-bond donors (Lipinski definition) is 3. The maximum absolute atomic E-state index is 12.3. The van der Waals surface area contributed by atoms with E-state index < -0.39 is 0 Å². The van der Waals surface area contributed by atoms with Crippen molar-refractivity contribution >= 4 is 34.8 Å². The molecule has 0 aliphatic carbocycles. The Bertz CT molecular complexity index is 848. The molecule has 1 saturated heterocycles. The lowest BCUT2D eigenvalue weighted by Gasteiger charge is -2.29. The largest absolute Gasteiger partial charge is 0.322 e. The molecule has 0 bridgehead atoms. The van der Waals surface area contributed by atoms with Crippen LogP contribution >= 0.6 is 23.2 Å². The average Bonchev–Trinajstić information content (AvgIpc) is 2.70. The lowest BCUT2D eigenvalue weighted by Crippen LogP contribution is -3.28. The third-order valence-corrected chi connectivity index (χ3v) is 5.78. The highest BCUT2D eigenvalue weighted by Gasteiger charge is 2.25. The Kier molecular flexibility index (Phi) is 7.45. The molecule has 3 N–H and O–H groups in total. The van der Waals surface area contributed by atoms with Gasteiger partial charge in [-0.1, -0.05) is 59.6 Å². The maximum Gasteiger partial charge on any atom is 0.295 e. The van der Waals surface area contributed by atoms with Crippen molar-refractivity contribution in [3.63, 3.8) is 0 Å². The number of quaternary nitrogens is 2. The molecule has 1 aliphatic rings. The fourth-order valence-electron chi connectivity index (χ4n) is 3.45. The van der Waals surface area contributed by atoms with Crippen LogP contribution in [0.25, 0.3) is 0 Å². The van der Waals surface area contributed by atoms with Crippen LogP contribution in [0.2, 0.25) is 10.0 Å². The Morgan fingerprint density at radius 3 is 2.25 bits per heavy atom. The predicted octanol–water partition coefficient (Wildman–Crippen LogP) is 0.817. The van der Waals surface area contributed by atoms with Gasteiger partial charge in [-0.15, -0.1) is 0 Å². The van der Waals surface area contributed by atoms with Gasteiger partial charge in [0.05, 0.1) is 5.71 Å². The Balaban J connectivity index is 1.44. The Morgan fingerprint density at radius 1 is 0.964 bits per heavy atom. The van der Waals surface area contributed by atoms with Crippen LogP contribution in [0.4, 0.5) is 0 Å². The minimum atomic E-state index is -0.0732. The van der Waals surface area contributed by atoms with E-state index in [-0.39, 0.29) is 5.91 Å². The van der Waals surface area contributed by atoms with Gasteiger partial charge in [-0.2, -0.15) is 5.10 Å². The molecule has 28 heavy (non-hydrogen) atoms. The smallest absolute Gasteiger partial charge is 0.295 e. The topological polar surface area (TPSA) is 50.3 Å². The summed E-state index contributed by atoms with van der Waals surface area (Å²) in [5.41, 5.74) is 5.37. The van der Waals surface area contributed by atoms with Crippen molar-refractivity contribution in [1.82, 2.24) is 5.43 Å². The number of carbonyl (C=O) groups is 1. The second kappa shape index (κ2) is 10.0. The lowest BCUT2D eigenvalue weighted by molar-refractivity contribution is -1.02. The minimum absolute atomic E-state index is 0.0732. The molecule has 1 amide bonds.